The Kier molecular flexibility index (Phi) is 7.89. The second-order valence-electron chi connectivity index (χ2n) is 4.17. The molecule has 104 valence electrons. The highest BCUT2D eigenvalue weighted by atomic mass is 32.2. The molecule has 0 spiro atoms. The van der Waals surface area contributed by atoms with Gasteiger partial charge in [-0.25, -0.2) is 0 Å². The van der Waals surface area contributed by atoms with E-state index in [1.807, 2.05) is 13.8 Å². The maximum absolute atomic E-state index is 10.7. The van der Waals surface area contributed by atoms with E-state index in [1.165, 1.54) is 0 Å². The molecule has 0 aliphatic rings. The van der Waals surface area contributed by atoms with E-state index in [2.05, 4.69) is 0 Å². The quantitative estimate of drug-likeness (QED) is 0.498. The zero-order valence-electron chi connectivity index (χ0n) is 10.4. The fourth-order valence-corrected chi connectivity index (χ4v) is 1.84. The zero-order valence-corrected chi connectivity index (χ0v) is 11.2. The van der Waals surface area contributed by atoms with Crippen LogP contribution in [-0.2, 0) is 10.1 Å². The van der Waals surface area contributed by atoms with E-state index in [1.54, 1.807) is 4.90 Å². The number of nitrogens with zero attached hydrogens (tertiary/aromatic N) is 1. The highest BCUT2D eigenvalue weighted by molar-refractivity contribution is 7.85. The van der Waals surface area contributed by atoms with Crippen molar-refractivity contribution in [1.29, 1.82) is 0 Å². The average Bonchev–Trinajstić information content (AvgIpc) is 2.24. The minimum Gasteiger partial charge on any atom is -0.392 e. The third-order valence-electron chi connectivity index (χ3n) is 2.55. The summed E-state index contributed by atoms with van der Waals surface area (Å²) < 4.78 is 30.0. The van der Waals surface area contributed by atoms with Crippen LogP contribution in [0.25, 0.3) is 0 Å². The summed E-state index contributed by atoms with van der Waals surface area (Å²) in [6.07, 6.45) is 0.00996. The predicted molar refractivity (Wildman–Crippen MR) is 65.5 cm³/mol. The Bertz CT molecular complexity index is 281. The Morgan fingerprint density at radius 1 is 1.06 bits per heavy atom. The van der Waals surface area contributed by atoms with Gasteiger partial charge in [0.05, 0.1) is 18.0 Å². The molecule has 2 atom stereocenters. The SMILES string of the molecule is CCC(O)CN(CCS(=O)(=O)O)CC(O)CC. The Balaban J connectivity index is 4.29. The number of aliphatic hydroxyl groups is 2. The van der Waals surface area contributed by atoms with Gasteiger partial charge in [0.25, 0.3) is 10.1 Å². The molecular formula is C10H23NO5S. The van der Waals surface area contributed by atoms with Gasteiger partial charge < -0.3 is 10.2 Å². The summed E-state index contributed by atoms with van der Waals surface area (Å²) in [6.45, 7) is 4.34. The molecule has 17 heavy (non-hydrogen) atoms. The highest BCUT2D eigenvalue weighted by Gasteiger charge is 2.16. The summed E-state index contributed by atoms with van der Waals surface area (Å²) in [5.74, 6) is -0.389. The van der Waals surface area contributed by atoms with Crippen molar-refractivity contribution in [3.8, 4) is 0 Å². The molecule has 0 radical (unpaired) electrons. The van der Waals surface area contributed by atoms with E-state index in [9.17, 15) is 18.6 Å². The van der Waals surface area contributed by atoms with E-state index in [0.717, 1.165) is 0 Å². The van der Waals surface area contributed by atoms with Crippen LogP contribution in [0, 0.1) is 0 Å². The van der Waals surface area contributed by atoms with Crippen LogP contribution in [0.2, 0.25) is 0 Å². The van der Waals surface area contributed by atoms with Crippen molar-refractivity contribution < 1.29 is 23.2 Å². The van der Waals surface area contributed by atoms with E-state index in [0.29, 0.717) is 25.9 Å². The molecule has 0 aromatic carbocycles. The van der Waals surface area contributed by atoms with Gasteiger partial charge in [0.2, 0.25) is 0 Å². The van der Waals surface area contributed by atoms with Crippen LogP contribution in [0.1, 0.15) is 26.7 Å². The molecule has 0 amide bonds. The summed E-state index contributed by atoms with van der Waals surface area (Å²) in [4.78, 5) is 1.65. The van der Waals surface area contributed by atoms with Crippen LogP contribution in [0.5, 0.6) is 0 Å². The van der Waals surface area contributed by atoms with Crippen molar-refractivity contribution in [1.82, 2.24) is 4.90 Å². The maximum Gasteiger partial charge on any atom is 0.266 e. The molecule has 0 aromatic rings. The summed E-state index contributed by atoms with van der Waals surface area (Å²) >= 11 is 0. The molecule has 6 nitrogen and oxygen atoms in total. The van der Waals surface area contributed by atoms with Gasteiger partial charge >= 0.3 is 0 Å². The zero-order chi connectivity index (χ0) is 13.5. The third-order valence-corrected chi connectivity index (χ3v) is 3.24. The van der Waals surface area contributed by atoms with Gasteiger partial charge in [0.1, 0.15) is 0 Å². The first-order chi connectivity index (χ1) is 7.78. The topological polar surface area (TPSA) is 98.1 Å². The minimum absolute atomic E-state index is 0.104. The van der Waals surface area contributed by atoms with Crippen molar-refractivity contribution >= 4 is 10.1 Å². The molecule has 2 unspecified atom stereocenters. The normalized spacial score (nSPS) is 16.1. The van der Waals surface area contributed by atoms with E-state index in [-0.39, 0.29) is 12.3 Å². The standard InChI is InChI=1S/C10H23NO5S/c1-3-9(12)7-11(8-10(13)4-2)5-6-17(14,15)16/h9-10,12-13H,3-8H2,1-2H3,(H,14,15,16). The molecule has 0 aliphatic heterocycles. The molecule has 0 aliphatic carbocycles. The van der Waals surface area contributed by atoms with Crippen molar-refractivity contribution in [2.24, 2.45) is 0 Å². The minimum atomic E-state index is -4.01. The number of hydrogen-bond donors (Lipinski definition) is 3. The van der Waals surface area contributed by atoms with Crippen LogP contribution in [0.4, 0.5) is 0 Å². The van der Waals surface area contributed by atoms with E-state index < -0.39 is 22.3 Å². The second kappa shape index (κ2) is 7.99. The molecule has 0 aromatic heterocycles. The summed E-state index contributed by atoms with van der Waals surface area (Å²) in [7, 11) is -4.01. The van der Waals surface area contributed by atoms with Gasteiger partial charge in [-0.15, -0.1) is 0 Å². The van der Waals surface area contributed by atoms with Crippen LogP contribution in [-0.4, -0.2) is 65.7 Å². The number of aliphatic hydroxyl groups excluding tert-OH is 2. The van der Waals surface area contributed by atoms with Gasteiger partial charge in [-0.05, 0) is 12.8 Å². The monoisotopic (exact) mass is 269 g/mol. The van der Waals surface area contributed by atoms with Crippen molar-refractivity contribution in [2.75, 3.05) is 25.4 Å². The fraction of sp³-hybridized carbons (Fsp3) is 1.00. The van der Waals surface area contributed by atoms with Gasteiger partial charge in [0, 0.05) is 19.6 Å². The third kappa shape index (κ3) is 9.49. The van der Waals surface area contributed by atoms with E-state index in [4.69, 9.17) is 4.55 Å². The fourth-order valence-electron chi connectivity index (χ4n) is 1.36. The smallest absolute Gasteiger partial charge is 0.266 e. The lowest BCUT2D eigenvalue weighted by Gasteiger charge is -2.26. The number of hydrogen-bond acceptors (Lipinski definition) is 5. The first-order valence-electron chi connectivity index (χ1n) is 5.82. The largest absolute Gasteiger partial charge is 0.392 e. The number of rotatable bonds is 9. The first kappa shape index (κ1) is 16.8. The van der Waals surface area contributed by atoms with E-state index >= 15 is 0 Å². The van der Waals surface area contributed by atoms with Crippen molar-refractivity contribution in [2.45, 2.75) is 38.9 Å². The Morgan fingerprint density at radius 3 is 1.76 bits per heavy atom. The average molecular weight is 269 g/mol. The maximum atomic E-state index is 10.7. The molecule has 0 bridgehead atoms. The lowest BCUT2D eigenvalue weighted by molar-refractivity contribution is 0.0694. The Labute approximate surface area is 103 Å². The molecule has 7 heteroatoms. The van der Waals surface area contributed by atoms with Crippen LogP contribution in [0.3, 0.4) is 0 Å². The summed E-state index contributed by atoms with van der Waals surface area (Å²) in [5, 5.41) is 19.0. The lowest BCUT2D eigenvalue weighted by Crippen LogP contribution is -2.40. The summed E-state index contributed by atoms with van der Waals surface area (Å²) in [5.41, 5.74) is 0. The molecule has 0 rings (SSSR count). The Hall–Kier alpha value is -0.210. The lowest BCUT2D eigenvalue weighted by atomic mass is 10.2. The van der Waals surface area contributed by atoms with Gasteiger partial charge in [-0.1, -0.05) is 13.8 Å². The predicted octanol–water partition coefficient (Wildman–Crippen LogP) is -0.282. The van der Waals surface area contributed by atoms with Gasteiger partial charge in [0.15, 0.2) is 0 Å². The van der Waals surface area contributed by atoms with Crippen LogP contribution in [0.15, 0.2) is 0 Å². The van der Waals surface area contributed by atoms with Crippen LogP contribution >= 0.6 is 0 Å². The van der Waals surface area contributed by atoms with Crippen molar-refractivity contribution in [3.05, 3.63) is 0 Å². The highest BCUT2D eigenvalue weighted by Crippen LogP contribution is 2.01. The molecule has 0 saturated heterocycles. The van der Waals surface area contributed by atoms with Crippen molar-refractivity contribution in [3.63, 3.8) is 0 Å². The van der Waals surface area contributed by atoms with Gasteiger partial charge in [-0.2, -0.15) is 8.42 Å². The second-order valence-corrected chi connectivity index (χ2v) is 5.74. The molecule has 0 saturated carbocycles. The molecular weight excluding hydrogens is 246 g/mol. The van der Waals surface area contributed by atoms with Crippen LogP contribution < -0.4 is 0 Å². The first-order valence-corrected chi connectivity index (χ1v) is 7.43. The van der Waals surface area contributed by atoms with Gasteiger partial charge in [-0.3, -0.25) is 9.45 Å². The Morgan fingerprint density at radius 2 is 1.47 bits per heavy atom. The summed E-state index contributed by atoms with van der Waals surface area (Å²) in [6, 6.07) is 0. The molecule has 0 fully saturated rings. The molecule has 3 N–H and O–H groups in total. The molecule has 0 heterocycles.